The Balaban J connectivity index is 2.33. The van der Waals surface area contributed by atoms with Crippen LogP contribution in [0.5, 0.6) is 0 Å². The van der Waals surface area contributed by atoms with Crippen molar-refractivity contribution in [1.82, 2.24) is 15.5 Å². The van der Waals surface area contributed by atoms with Crippen molar-refractivity contribution in [2.75, 3.05) is 27.2 Å². The van der Waals surface area contributed by atoms with Gasteiger partial charge in [0, 0.05) is 26.7 Å². The van der Waals surface area contributed by atoms with Crippen molar-refractivity contribution in [2.24, 2.45) is 5.92 Å². The van der Waals surface area contributed by atoms with Crippen LogP contribution in [0.15, 0.2) is 0 Å². The van der Waals surface area contributed by atoms with Gasteiger partial charge in [0.05, 0.1) is 6.54 Å². The number of rotatable bonds is 6. The monoisotopic (exact) mass is 285 g/mol. The summed E-state index contributed by atoms with van der Waals surface area (Å²) < 4.78 is 5.20. The Labute approximate surface area is 121 Å². The highest BCUT2D eigenvalue weighted by Crippen LogP contribution is 2.32. The van der Waals surface area contributed by atoms with Crippen LogP contribution in [0.2, 0.25) is 0 Å². The van der Waals surface area contributed by atoms with Crippen molar-refractivity contribution in [1.29, 1.82) is 0 Å². The minimum atomic E-state index is -0.493. The lowest BCUT2D eigenvalue weighted by Crippen LogP contribution is -2.46. The molecule has 0 aromatic carbocycles. The highest BCUT2D eigenvalue weighted by Gasteiger charge is 2.31. The number of likely N-dealkylation sites (N-methyl/N-ethyl adjacent to an activating group) is 1. The standard InChI is InChI=1S/C14H27N3O3/c1-14(2,3)20-13(19)16-8-11(10-6-7-10)15-9-12(18)17(4)5/h10-11,15H,6-9H2,1-5H3,(H,16,19)/t11-/m0/s1. The number of hydrogen-bond donors (Lipinski definition) is 2. The first-order valence-electron chi connectivity index (χ1n) is 7.09. The van der Waals surface area contributed by atoms with E-state index in [1.165, 1.54) is 0 Å². The molecule has 0 aromatic heterocycles. The number of ether oxygens (including phenoxy) is 1. The average molecular weight is 285 g/mol. The van der Waals surface area contributed by atoms with Gasteiger partial charge in [0.1, 0.15) is 5.60 Å². The van der Waals surface area contributed by atoms with E-state index in [2.05, 4.69) is 10.6 Å². The van der Waals surface area contributed by atoms with E-state index in [4.69, 9.17) is 4.74 Å². The van der Waals surface area contributed by atoms with E-state index in [1.54, 1.807) is 19.0 Å². The molecule has 0 unspecified atom stereocenters. The summed E-state index contributed by atoms with van der Waals surface area (Å²) >= 11 is 0. The van der Waals surface area contributed by atoms with E-state index in [1.807, 2.05) is 20.8 Å². The zero-order chi connectivity index (χ0) is 15.3. The van der Waals surface area contributed by atoms with Crippen LogP contribution in [0.4, 0.5) is 4.79 Å². The smallest absolute Gasteiger partial charge is 0.407 e. The third-order valence-electron chi connectivity index (χ3n) is 3.07. The van der Waals surface area contributed by atoms with Gasteiger partial charge in [-0.3, -0.25) is 4.79 Å². The molecule has 0 heterocycles. The summed E-state index contributed by atoms with van der Waals surface area (Å²) in [5.41, 5.74) is -0.493. The average Bonchev–Trinajstić information content (AvgIpc) is 3.10. The maximum atomic E-state index is 11.6. The van der Waals surface area contributed by atoms with E-state index in [0.29, 0.717) is 19.0 Å². The van der Waals surface area contributed by atoms with Gasteiger partial charge in [-0.15, -0.1) is 0 Å². The molecule has 2 N–H and O–H groups in total. The normalized spacial score (nSPS) is 16.4. The number of alkyl carbamates (subject to hydrolysis) is 1. The van der Waals surface area contributed by atoms with Crippen LogP contribution in [0, 0.1) is 5.92 Å². The van der Waals surface area contributed by atoms with E-state index in [9.17, 15) is 9.59 Å². The fraction of sp³-hybridized carbons (Fsp3) is 0.857. The van der Waals surface area contributed by atoms with Crippen LogP contribution in [0.1, 0.15) is 33.6 Å². The summed E-state index contributed by atoms with van der Waals surface area (Å²) in [5, 5.41) is 5.98. The second-order valence-corrected chi connectivity index (χ2v) is 6.50. The second kappa shape index (κ2) is 6.92. The van der Waals surface area contributed by atoms with Crippen LogP contribution in [-0.2, 0) is 9.53 Å². The van der Waals surface area contributed by atoms with E-state index in [-0.39, 0.29) is 11.9 Å². The molecular formula is C14H27N3O3. The number of nitrogens with zero attached hydrogens (tertiary/aromatic N) is 1. The Hall–Kier alpha value is -1.30. The molecule has 0 aromatic rings. The summed E-state index contributed by atoms with van der Waals surface area (Å²) in [6.07, 6.45) is 1.87. The third kappa shape index (κ3) is 6.75. The zero-order valence-corrected chi connectivity index (χ0v) is 13.2. The van der Waals surface area contributed by atoms with Crippen molar-refractivity contribution in [3.05, 3.63) is 0 Å². The van der Waals surface area contributed by atoms with Crippen molar-refractivity contribution in [2.45, 2.75) is 45.3 Å². The molecule has 2 amide bonds. The molecule has 0 radical (unpaired) electrons. The predicted octanol–water partition coefficient (Wildman–Crippen LogP) is 0.968. The van der Waals surface area contributed by atoms with Gasteiger partial charge in [-0.05, 0) is 39.5 Å². The summed E-state index contributed by atoms with van der Waals surface area (Å²) in [6, 6.07) is 0.131. The maximum absolute atomic E-state index is 11.6. The molecule has 1 saturated carbocycles. The van der Waals surface area contributed by atoms with Crippen LogP contribution >= 0.6 is 0 Å². The topological polar surface area (TPSA) is 70.7 Å². The second-order valence-electron chi connectivity index (χ2n) is 6.50. The molecule has 0 spiro atoms. The van der Waals surface area contributed by atoms with Gasteiger partial charge in [-0.2, -0.15) is 0 Å². The molecule has 20 heavy (non-hydrogen) atoms. The Kier molecular flexibility index (Phi) is 5.80. The molecule has 0 bridgehead atoms. The third-order valence-corrected chi connectivity index (χ3v) is 3.07. The molecule has 1 atom stereocenters. The summed E-state index contributed by atoms with van der Waals surface area (Å²) in [7, 11) is 3.46. The van der Waals surface area contributed by atoms with Gasteiger partial charge >= 0.3 is 6.09 Å². The van der Waals surface area contributed by atoms with Crippen molar-refractivity contribution in [3.8, 4) is 0 Å². The molecule has 1 aliphatic rings. The molecule has 0 aliphatic heterocycles. The molecule has 116 valence electrons. The van der Waals surface area contributed by atoms with E-state index in [0.717, 1.165) is 12.8 Å². The Morgan fingerprint density at radius 2 is 1.90 bits per heavy atom. The molecule has 1 rings (SSSR count). The highest BCUT2D eigenvalue weighted by molar-refractivity contribution is 5.77. The van der Waals surface area contributed by atoms with Crippen LogP contribution in [-0.4, -0.2) is 55.7 Å². The zero-order valence-electron chi connectivity index (χ0n) is 13.2. The van der Waals surface area contributed by atoms with Gasteiger partial charge < -0.3 is 20.3 Å². The van der Waals surface area contributed by atoms with E-state index >= 15 is 0 Å². The maximum Gasteiger partial charge on any atom is 0.407 e. The summed E-state index contributed by atoms with van der Waals surface area (Å²) in [4.78, 5) is 24.7. The Morgan fingerprint density at radius 3 is 2.35 bits per heavy atom. The number of amides is 2. The minimum Gasteiger partial charge on any atom is -0.444 e. The van der Waals surface area contributed by atoms with Crippen molar-refractivity contribution < 1.29 is 14.3 Å². The van der Waals surface area contributed by atoms with Crippen LogP contribution in [0.25, 0.3) is 0 Å². The first kappa shape index (κ1) is 16.8. The van der Waals surface area contributed by atoms with Gasteiger partial charge in [0.2, 0.25) is 5.91 Å². The number of carbonyl (C=O) groups excluding carboxylic acids is 2. The lowest BCUT2D eigenvalue weighted by Gasteiger charge is -2.23. The summed E-state index contributed by atoms with van der Waals surface area (Å²) in [5.74, 6) is 0.577. The minimum absolute atomic E-state index is 0.0351. The van der Waals surface area contributed by atoms with E-state index < -0.39 is 11.7 Å². The number of hydrogen-bond acceptors (Lipinski definition) is 4. The van der Waals surface area contributed by atoms with Gasteiger partial charge in [-0.1, -0.05) is 0 Å². The van der Waals surface area contributed by atoms with Crippen LogP contribution < -0.4 is 10.6 Å². The number of carbonyl (C=O) groups is 2. The first-order chi connectivity index (χ1) is 9.19. The molecular weight excluding hydrogens is 258 g/mol. The van der Waals surface area contributed by atoms with Crippen LogP contribution in [0.3, 0.4) is 0 Å². The molecule has 1 aliphatic carbocycles. The fourth-order valence-electron chi connectivity index (χ4n) is 1.79. The first-order valence-corrected chi connectivity index (χ1v) is 7.09. The molecule has 1 fully saturated rings. The molecule has 6 heteroatoms. The summed E-state index contributed by atoms with van der Waals surface area (Å²) in [6.45, 7) is 6.28. The Bertz CT molecular complexity index is 346. The Morgan fingerprint density at radius 1 is 1.30 bits per heavy atom. The quantitative estimate of drug-likeness (QED) is 0.763. The van der Waals surface area contributed by atoms with Crippen molar-refractivity contribution >= 4 is 12.0 Å². The predicted molar refractivity (Wildman–Crippen MR) is 77.4 cm³/mol. The molecule has 6 nitrogen and oxygen atoms in total. The van der Waals surface area contributed by atoms with Crippen molar-refractivity contribution in [3.63, 3.8) is 0 Å². The SMILES string of the molecule is CN(C)C(=O)CN[C@@H](CNC(=O)OC(C)(C)C)C1CC1. The highest BCUT2D eigenvalue weighted by atomic mass is 16.6. The van der Waals surface area contributed by atoms with Gasteiger partial charge in [-0.25, -0.2) is 4.79 Å². The number of nitrogens with one attached hydrogen (secondary N) is 2. The lowest BCUT2D eigenvalue weighted by molar-refractivity contribution is -0.127. The largest absolute Gasteiger partial charge is 0.444 e. The van der Waals surface area contributed by atoms with Gasteiger partial charge in [0.25, 0.3) is 0 Å². The fourth-order valence-corrected chi connectivity index (χ4v) is 1.79. The van der Waals surface area contributed by atoms with Gasteiger partial charge in [0.15, 0.2) is 0 Å². The lowest BCUT2D eigenvalue weighted by atomic mass is 10.2. The molecule has 0 saturated heterocycles.